The largest absolute Gasteiger partial charge is 0.459 e. The lowest BCUT2D eigenvalue weighted by Crippen LogP contribution is -2.46. The van der Waals surface area contributed by atoms with Gasteiger partial charge in [-0.25, -0.2) is 19.7 Å². The van der Waals surface area contributed by atoms with Crippen molar-refractivity contribution in [3.63, 3.8) is 0 Å². The zero-order valence-corrected chi connectivity index (χ0v) is 24.9. The van der Waals surface area contributed by atoms with Crippen molar-refractivity contribution in [3.05, 3.63) is 53.7 Å². The van der Waals surface area contributed by atoms with Gasteiger partial charge in [0.15, 0.2) is 29.2 Å². The Labute approximate surface area is 246 Å². The molecule has 0 radical (unpaired) electrons. The average molecular weight is 625 g/mol. The van der Waals surface area contributed by atoms with E-state index in [0.29, 0.717) is 0 Å². The zero-order chi connectivity index (χ0) is 30.4. The predicted octanol–water partition coefficient (Wildman–Crippen LogP) is 3.73. The SMILES string of the molecule is CCOP(=O)(C[C@@H](OC(C)=O)[C@H]1O[C@@H](n2cnc3c(Cl)ncnc32)[C@H](OC(C)=O)[C@@H]1OC(=O)c1ccccc1)OCC. The van der Waals surface area contributed by atoms with Gasteiger partial charge < -0.3 is 28.0 Å². The number of benzene rings is 1. The summed E-state index contributed by atoms with van der Waals surface area (Å²) in [6, 6.07) is 8.09. The quantitative estimate of drug-likeness (QED) is 0.124. The van der Waals surface area contributed by atoms with Crippen molar-refractivity contribution in [1.29, 1.82) is 0 Å². The van der Waals surface area contributed by atoms with E-state index in [0.717, 1.165) is 6.92 Å². The highest BCUT2D eigenvalue weighted by Gasteiger charge is 2.55. The molecular formula is C26H30ClN4O10P. The molecule has 1 aliphatic heterocycles. The molecular weight excluding hydrogens is 595 g/mol. The first-order chi connectivity index (χ1) is 20.1. The third-order valence-electron chi connectivity index (χ3n) is 6.11. The highest BCUT2D eigenvalue weighted by Crippen LogP contribution is 2.51. The minimum Gasteiger partial charge on any atom is -0.459 e. The van der Waals surface area contributed by atoms with Gasteiger partial charge in [-0.15, -0.1) is 0 Å². The molecule has 3 heterocycles. The molecule has 1 aromatic carbocycles. The molecule has 0 spiro atoms. The molecule has 0 aliphatic carbocycles. The van der Waals surface area contributed by atoms with Crippen molar-refractivity contribution in [2.45, 2.75) is 58.3 Å². The molecule has 1 saturated heterocycles. The second-order valence-electron chi connectivity index (χ2n) is 9.07. The van der Waals surface area contributed by atoms with Gasteiger partial charge in [0.1, 0.15) is 24.1 Å². The van der Waals surface area contributed by atoms with Crippen molar-refractivity contribution < 1.29 is 46.9 Å². The Morgan fingerprint density at radius 3 is 2.31 bits per heavy atom. The highest BCUT2D eigenvalue weighted by atomic mass is 35.5. The standard InChI is InChI=1S/C26H30ClN4O10P/c1-5-36-42(35,37-6-2)12-18(38-15(3)32)20-21(41-26(34)17-10-8-7-9-11-17)22(39-16(4)33)25(40-20)31-14-30-19-23(27)28-13-29-24(19)31/h7-11,13-14,18,20-22,25H,5-6,12H2,1-4H3/t18-,20-,21-,22-,25-/m1/s1. The van der Waals surface area contributed by atoms with Gasteiger partial charge >= 0.3 is 25.5 Å². The molecule has 0 unspecified atom stereocenters. The lowest BCUT2D eigenvalue weighted by molar-refractivity contribution is -0.157. The number of carbonyl (C=O) groups excluding carboxylic acids is 3. The number of imidazole rings is 1. The molecule has 5 atom stereocenters. The Balaban J connectivity index is 1.82. The summed E-state index contributed by atoms with van der Waals surface area (Å²) in [6.45, 7) is 5.68. The third-order valence-corrected chi connectivity index (χ3v) is 8.49. The van der Waals surface area contributed by atoms with Crippen LogP contribution in [0.2, 0.25) is 5.15 Å². The Hall–Kier alpha value is -3.42. The molecule has 0 N–H and O–H groups in total. The van der Waals surface area contributed by atoms with Crippen molar-refractivity contribution in [2.24, 2.45) is 0 Å². The van der Waals surface area contributed by atoms with Gasteiger partial charge in [0, 0.05) is 13.8 Å². The van der Waals surface area contributed by atoms with Crippen molar-refractivity contribution in [3.8, 4) is 0 Å². The minimum absolute atomic E-state index is 0.0439. The van der Waals surface area contributed by atoms with E-state index in [4.69, 9.17) is 39.6 Å². The summed E-state index contributed by atoms with van der Waals surface area (Å²) in [5, 5.41) is 0.0662. The van der Waals surface area contributed by atoms with Crippen LogP contribution in [0.5, 0.6) is 0 Å². The summed E-state index contributed by atoms with van der Waals surface area (Å²) >= 11 is 6.19. The van der Waals surface area contributed by atoms with Crippen molar-refractivity contribution in [2.75, 3.05) is 19.4 Å². The maximum atomic E-state index is 13.6. The smallest absolute Gasteiger partial charge is 0.338 e. The zero-order valence-electron chi connectivity index (χ0n) is 23.2. The lowest BCUT2D eigenvalue weighted by atomic mass is 10.1. The van der Waals surface area contributed by atoms with Crippen LogP contribution in [-0.2, 0) is 42.1 Å². The third kappa shape index (κ3) is 7.13. The molecule has 42 heavy (non-hydrogen) atoms. The fourth-order valence-corrected chi connectivity index (χ4v) is 6.56. The normalized spacial score (nSPS) is 21.2. The number of nitrogens with zero attached hydrogens (tertiary/aromatic N) is 4. The summed E-state index contributed by atoms with van der Waals surface area (Å²) in [5.74, 6) is -2.23. The van der Waals surface area contributed by atoms with Crippen molar-refractivity contribution >= 4 is 48.3 Å². The van der Waals surface area contributed by atoms with Crippen LogP contribution in [0.4, 0.5) is 0 Å². The van der Waals surface area contributed by atoms with Gasteiger partial charge in [0.05, 0.1) is 31.3 Å². The van der Waals surface area contributed by atoms with Crippen molar-refractivity contribution in [1.82, 2.24) is 19.5 Å². The van der Waals surface area contributed by atoms with Crippen LogP contribution >= 0.6 is 19.2 Å². The van der Waals surface area contributed by atoms with Gasteiger partial charge in [-0.2, -0.15) is 0 Å². The number of aromatic nitrogens is 4. The molecule has 3 aromatic rings. The summed E-state index contributed by atoms with van der Waals surface area (Å²) in [6.07, 6.45) is -4.43. The number of rotatable bonds is 12. The van der Waals surface area contributed by atoms with Crippen LogP contribution in [-0.4, -0.2) is 81.2 Å². The second kappa shape index (κ2) is 13.7. The van der Waals surface area contributed by atoms with E-state index < -0.39 is 62.3 Å². The van der Waals surface area contributed by atoms with E-state index in [-0.39, 0.29) is 35.1 Å². The van der Waals surface area contributed by atoms with Gasteiger partial charge in [-0.1, -0.05) is 29.8 Å². The van der Waals surface area contributed by atoms with Gasteiger partial charge in [-0.3, -0.25) is 18.7 Å². The molecule has 1 aliphatic rings. The molecule has 0 bridgehead atoms. The van der Waals surface area contributed by atoms with E-state index in [1.807, 2.05) is 0 Å². The maximum absolute atomic E-state index is 13.6. The molecule has 1 fully saturated rings. The predicted molar refractivity (Wildman–Crippen MR) is 147 cm³/mol. The lowest BCUT2D eigenvalue weighted by Gasteiger charge is -2.30. The fourth-order valence-electron chi connectivity index (χ4n) is 4.59. The summed E-state index contributed by atoms with van der Waals surface area (Å²) in [7, 11) is -3.84. The Kier molecular flexibility index (Phi) is 10.3. The van der Waals surface area contributed by atoms with E-state index >= 15 is 0 Å². The first-order valence-electron chi connectivity index (χ1n) is 13.0. The molecule has 0 saturated carbocycles. The fraction of sp³-hybridized carbons (Fsp3) is 0.462. The van der Waals surface area contributed by atoms with Gasteiger partial charge in [0.25, 0.3) is 0 Å². The number of hydrogen-bond acceptors (Lipinski definition) is 13. The van der Waals surface area contributed by atoms with E-state index in [1.165, 1.54) is 36.3 Å². The minimum atomic E-state index is -3.84. The first kappa shape index (κ1) is 31.5. The van der Waals surface area contributed by atoms with Crippen LogP contribution in [0.15, 0.2) is 43.0 Å². The van der Waals surface area contributed by atoms with Crippen LogP contribution in [0.25, 0.3) is 11.2 Å². The number of esters is 3. The number of hydrogen-bond donors (Lipinski definition) is 0. The Bertz CT molecular complexity index is 1460. The first-order valence-corrected chi connectivity index (χ1v) is 15.1. The van der Waals surface area contributed by atoms with E-state index in [2.05, 4.69) is 15.0 Å². The maximum Gasteiger partial charge on any atom is 0.338 e. The summed E-state index contributed by atoms with van der Waals surface area (Å²) < 4.78 is 49.3. The van der Waals surface area contributed by atoms with Crippen LogP contribution in [0.1, 0.15) is 44.3 Å². The van der Waals surface area contributed by atoms with Gasteiger partial charge in [-0.05, 0) is 26.0 Å². The van der Waals surface area contributed by atoms with Crippen LogP contribution in [0, 0.1) is 0 Å². The number of ether oxygens (including phenoxy) is 4. The number of halogens is 1. The number of fused-ring (bicyclic) bond motifs is 1. The Morgan fingerprint density at radius 2 is 1.69 bits per heavy atom. The molecule has 4 rings (SSSR count). The van der Waals surface area contributed by atoms with E-state index in [1.54, 1.807) is 32.0 Å². The summed E-state index contributed by atoms with van der Waals surface area (Å²) in [4.78, 5) is 50.2. The van der Waals surface area contributed by atoms with Crippen LogP contribution < -0.4 is 0 Å². The average Bonchev–Trinajstić information content (AvgIpc) is 3.51. The number of carbonyl (C=O) groups is 3. The van der Waals surface area contributed by atoms with Crippen LogP contribution in [0.3, 0.4) is 0 Å². The van der Waals surface area contributed by atoms with E-state index in [9.17, 15) is 18.9 Å². The molecule has 2 aromatic heterocycles. The topological polar surface area (TPSA) is 167 Å². The van der Waals surface area contributed by atoms with Gasteiger partial charge in [0.2, 0.25) is 0 Å². The summed E-state index contributed by atoms with van der Waals surface area (Å²) in [5.41, 5.74) is 0.663. The second-order valence-corrected chi connectivity index (χ2v) is 11.5. The molecule has 0 amide bonds. The molecule has 226 valence electrons. The monoisotopic (exact) mass is 624 g/mol. The highest BCUT2D eigenvalue weighted by molar-refractivity contribution is 7.53. The molecule has 14 nitrogen and oxygen atoms in total. The Morgan fingerprint density at radius 1 is 1.00 bits per heavy atom. The molecule has 16 heteroatoms.